The lowest BCUT2D eigenvalue weighted by atomic mass is 9.92. The number of nitrogens with two attached hydrogens (primary N) is 1. The Morgan fingerprint density at radius 1 is 1.33 bits per heavy atom. The van der Waals surface area contributed by atoms with Crippen LogP contribution in [-0.4, -0.2) is 47.8 Å². The molecule has 0 aromatic heterocycles. The summed E-state index contributed by atoms with van der Waals surface area (Å²) in [4.78, 5) is 12.4. The van der Waals surface area contributed by atoms with E-state index in [1.54, 1.807) is 20.8 Å². The molecule has 0 bridgehead atoms. The quantitative estimate of drug-likeness (QED) is 0.790. The molecule has 2 N–H and O–H groups in total. The van der Waals surface area contributed by atoms with Crippen molar-refractivity contribution >= 4 is 6.09 Å². The molecule has 1 aliphatic heterocycles. The number of piperidine rings is 1. The smallest absolute Gasteiger partial charge is 0.410 e. The second-order valence-electron chi connectivity index (χ2n) is 5.72. The first-order valence-electron chi connectivity index (χ1n) is 5.71. The van der Waals surface area contributed by atoms with Crippen LogP contribution in [0.25, 0.3) is 0 Å². The van der Waals surface area contributed by atoms with Gasteiger partial charge < -0.3 is 10.5 Å². The Hall–Kier alpha value is -0.980. The Labute approximate surface area is 104 Å². The summed E-state index contributed by atoms with van der Waals surface area (Å²) in [6.07, 6.45) is -1.91. The first kappa shape index (κ1) is 15.1. The van der Waals surface area contributed by atoms with Crippen molar-refractivity contribution in [2.24, 2.45) is 5.73 Å². The number of halogens is 3. The SMILES string of the molecule is CC(C)(C)OC(=O)N1CC(F)(F)CC(F)(CN)C1. The summed E-state index contributed by atoms with van der Waals surface area (Å²) >= 11 is 0. The average Bonchev–Trinajstić information content (AvgIpc) is 2.12. The van der Waals surface area contributed by atoms with Crippen LogP contribution in [0.2, 0.25) is 0 Å². The van der Waals surface area contributed by atoms with Crippen LogP contribution in [0.15, 0.2) is 0 Å². The maximum Gasteiger partial charge on any atom is 0.410 e. The highest BCUT2D eigenvalue weighted by atomic mass is 19.3. The highest BCUT2D eigenvalue weighted by molar-refractivity contribution is 5.68. The van der Waals surface area contributed by atoms with E-state index in [1.807, 2.05) is 0 Å². The number of likely N-dealkylation sites (tertiary alicyclic amines) is 1. The fourth-order valence-corrected chi connectivity index (χ4v) is 1.84. The van der Waals surface area contributed by atoms with Crippen LogP contribution < -0.4 is 5.73 Å². The Kier molecular flexibility index (Phi) is 3.86. The van der Waals surface area contributed by atoms with Crippen LogP contribution in [0, 0.1) is 0 Å². The molecule has 4 nitrogen and oxygen atoms in total. The van der Waals surface area contributed by atoms with Crippen LogP contribution in [0.4, 0.5) is 18.0 Å². The summed E-state index contributed by atoms with van der Waals surface area (Å²) in [7, 11) is 0. The van der Waals surface area contributed by atoms with Gasteiger partial charge in [0.15, 0.2) is 0 Å². The predicted molar refractivity (Wildman–Crippen MR) is 60.3 cm³/mol. The van der Waals surface area contributed by atoms with Gasteiger partial charge in [0.05, 0.1) is 19.5 Å². The molecule has 1 heterocycles. The van der Waals surface area contributed by atoms with Crippen molar-refractivity contribution in [2.75, 3.05) is 19.6 Å². The zero-order chi connectivity index (χ0) is 14.2. The number of alkyl halides is 3. The second kappa shape index (κ2) is 4.60. The van der Waals surface area contributed by atoms with Crippen LogP contribution in [-0.2, 0) is 4.74 Å². The van der Waals surface area contributed by atoms with Gasteiger partial charge in [-0.05, 0) is 20.8 Å². The second-order valence-corrected chi connectivity index (χ2v) is 5.72. The third-order valence-corrected chi connectivity index (χ3v) is 2.49. The standard InChI is InChI=1S/C11H19F3N2O2/c1-9(2,3)18-8(17)16-6-10(12,5-15)4-11(13,14)7-16/h4-7,15H2,1-3H3. The molecule has 18 heavy (non-hydrogen) atoms. The molecular weight excluding hydrogens is 249 g/mol. The molecule has 1 fully saturated rings. The van der Waals surface area contributed by atoms with E-state index in [1.165, 1.54) is 0 Å². The van der Waals surface area contributed by atoms with Crippen molar-refractivity contribution in [3.8, 4) is 0 Å². The molecule has 1 rings (SSSR count). The summed E-state index contributed by atoms with van der Waals surface area (Å²) in [6, 6.07) is 0. The van der Waals surface area contributed by atoms with E-state index in [9.17, 15) is 18.0 Å². The van der Waals surface area contributed by atoms with Gasteiger partial charge >= 0.3 is 6.09 Å². The van der Waals surface area contributed by atoms with Gasteiger partial charge in [0.25, 0.3) is 5.92 Å². The first-order valence-corrected chi connectivity index (χ1v) is 5.71. The number of hydrogen-bond acceptors (Lipinski definition) is 3. The van der Waals surface area contributed by atoms with Crippen molar-refractivity contribution in [3.63, 3.8) is 0 Å². The Morgan fingerprint density at radius 2 is 1.89 bits per heavy atom. The fourth-order valence-electron chi connectivity index (χ4n) is 1.84. The molecule has 106 valence electrons. The van der Waals surface area contributed by atoms with Crippen LogP contribution in [0.5, 0.6) is 0 Å². The Bertz CT molecular complexity index is 331. The molecule has 0 aromatic rings. The van der Waals surface area contributed by atoms with Crippen LogP contribution in [0.1, 0.15) is 27.2 Å². The lowest BCUT2D eigenvalue weighted by Crippen LogP contribution is -2.59. The van der Waals surface area contributed by atoms with Crippen LogP contribution in [0.3, 0.4) is 0 Å². The zero-order valence-corrected chi connectivity index (χ0v) is 10.8. The maximum atomic E-state index is 14.0. The third kappa shape index (κ3) is 4.04. The van der Waals surface area contributed by atoms with Crippen molar-refractivity contribution in [1.29, 1.82) is 0 Å². The molecule has 0 radical (unpaired) electrons. The van der Waals surface area contributed by atoms with E-state index in [0.717, 1.165) is 0 Å². The topological polar surface area (TPSA) is 55.6 Å². The Morgan fingerprint density at radius 3 is 2.33 bits per heavy atom. The van der Waals surface area contributed by atoms with E-state index >= 15 is 0 Å². The molecule has 0 spiro atoms. The van der Waals surface area contributed by atoms with Crippen molar-refractivity contribution in [3.05, 3.63) is 0 Å². The van der Waals surface area contributed by atoms with Crippen molar-refractivity contribution < 1.29 is 22.7 Å². The van der Waals surface area contributed by atoms with E-state index in [4.69, 9.17) is 10.5 Å². The molecular formula is C11H19F3N2O2. The van der Waals surface area contributed by atoms with E-state index < -0.39 is 49.3 Å². The van der Waals surface area contributed by atoms with Gasteiger partial charge in [-0.2, -0.15) is 0 Å². The van der Waals surface area contributed by atoms with Gasteiger partial charge in [0.2, 0.25) is 0 Å². The van der Waals surface area contributed by atoms with Crippen LogP contribution >= 0.6 is 0 Å². The highest BCUT2D eigenvalue weighted by Crippen LogP contribution is 2.35. The van der Waals surface area contributed by atoms with Gasteiger partial charge in [-0.1, -0.05) is 0 Å². The van der Waals surface area contributed by atoms with Crippen molar-refractivity contribution in [2.45, 2.75) is 44.4 Å². The van der Waals surface area contributed by atoms with E-state index in [0.29, 0.717) is 4.90 Å². The number of amides is 1. The molecule has 1 amide bonds. The third-order valence-electron chi connectivity index (χ3n) is 2.49. The molecule has 1 saturated heterocycles. The van der Waals surface area contributed by atoms with Crippen molar-refractivity contribution in [1.82, 2.24) is 4.90 Å². The maximum absolute atomic E-state index is 14.0. The minimum atomic E-state index is -3.29. The van der Waals surface area contributed by atoms with E-state index in [2.05, 4.69) is 0 Å². The Balaban J connectivity index is 2.80. The molecule has 0 saturated carbocycles. The van der Waals surface area contributed by atoms with Gasteiger partial charge in [-0.15, -0.1) is 0 Å². The van der Waals surface area contributed by atoms with E-state index in [-0.39, 0.29) is 0 Å². The normalized spacial score (nSPS) is 28.1. The number of hydrogen-bond donors (Lipinski definition) is 1. The fraction of sp³-hybridized carbons (Fsp3) is 0.909. The average molecular weight is 268 g/mol. The molecule has 1 unspecified atom stereocenters. The summed E-state index contributed by atoms with van der Waals surface area (Å²) in [6.45, 7) is 2.97. The molecule has 7 heteroatoms. The number of carbonyl (C=O) groups excluding carboxylic acids is 1. The van der Waals surface area contributed by atoms with Gasteiger partial charge in [0, 0.05) is 6.54 Å². The van der Waals surface area contributed by atoms with Gasteiger partial charge in [0.1, 0.15) is 11.3 Å². The van der Waals surface area contributed by atoms with Gasteiger partial charge in [-0.25, -0.2) is 18.0 Å². The lowest BCUT2D eigenvalue weighted by molar-refractivity contribution is -0.119. The minimum absolute atomic E-state index is 0.464. The minimum Gasteiger partial charge on any atom is -0.444 e. The number of nitrogens with zero attached hydrogens (tertiary/aromatic N) is 1. The molecule has 1 aliphatic rings. The molecule has 1 atom stereocenters. The zero-order valence-electron chi connectivity index (χ0n) is 10.8. The number of ether oxygens (including phenoxy) is 1. The number of carbonyl (C=O) groups is 1. The molecule has 0 aliphatic carbocycles. The largest absolute Gasteiger partial charge is 0.444 e. The summed E-state index contributed by atoms with van der Waals surface area (Å²) < 4.78 is 45.7. The van der Waals surface area contributed by atoms with Gasteiger partial charge in [-0.3, -0.25) is 4.90 Å². The summed E-state index contributed by atoms with van der Waals surface area (Å²) in [5.74, 6) is -3.29. The first-order chi connectivity index (χ1) is 7.96. The summed E-state index contributed by atoms with van der Waals surface area (Å²) in [5, 5.41) is 0. The lowest BCUT2D eigenvalue weighted by Gasteiger charge is -2.41. The summed E-state index contributed by atoms with van der Waals surface area (Å²) in [5.41, 5.74) is 2.08. The number of rotatable bonds is 1. The predicted octanol–water partition coefficient (Wildman–Crippen LogP) is 1.93. The highest BCUT2D eigenvalue weighted by Gasteiger charge is 2.50. The monoisotopic (exact) mass is 268 g/mol. The molecule has 0 aromatic carbocycles.